The largest absolute Gasteiger partial charge is 0.481 e. The van der Waals surface area contributed by atoms with E-state index < -0.39 is 11.4 Å². The predicted molar refractivity (Wildman–Crippen MR) is 79.4 cm³/mol. The molecule has 0 saturated heterocycles. The van der Waals surface area contributed by atoms with Crippen molar-refractivity contribution in [1.29, 1.82) is 0 Å². The molecule has 110 valence electrons. The summed E-state index contributed by atoms with van der Waals surface area (Å²) < 4.78 is 0. The first kappa shape index (κ1) is 15.0. The van der Waals surface area contributed by atoms with E-state index in [4.69, 9.17) is 0 Å². The van der Waals surface area contributed by atoms with Gasteiger partial charge in [-0.3, -0.25) is 9.78 Å². The maximum Gasteiger partial charge on any atom is 0.309 e. The van der Waals surface area contributed by atoms with Gasteiger partial charge in [-0.2, -0.15) is 0 Å². The van der Waals surface area contributed by atoms with Crippen molar-refractivity contribution in [3.8, 4) is 0 Å². The molecule has 0 amide bonds. The molecule has 1 aliphatic rings. The second-order valence-corrected chi connectivity index (χ2v) is 7.26. The molecule has 0 radical (unpaired) electrons. The highest BCUT2D eigenvalue weighted by atomic mass is 16.4. The summed E-state index contributed by atoms with van der Waals surface area (Å²) in [6, 6.07) is 3.86. The van der Waals surface area contributed by atoms with Gasteiger partial charge in [0, 0.05) is 12.4 Å². The molecule has 0 atom stereocenters. The Morgan fingerprint density at radius 3 is 2.30 bits per heavy atom. The Morgan fingerprint density at radius 2 is 1.85 bits per heavy atom. The Kier molecular flexibility index (Phi) is 4.17. The van der Waals surface area contributed by atoms with Crippen molar-refractivity contribution in [2.45, 2.75) is 52.9 Å². The molecule has 0 aliphatic heterocycles. The topological polar surface area (TPSA) is 50.2 Å². The zero-order valence-electron chi connectivity index (χ0n) is 12.7. The lowest BCUT2D eigenvalue weighted by atomic mass is 9.62. The first-order valence-electron chi connectivity index (χ1n) is 7.46. The SMILES string of the molecule is CC(C)(C)C1CCC(Cc2ccncc2)(C(=O)O)CC1. The van der Waals surface area contributed by atoms with Gasteiger partial charge >= 0.3 is 5.97 Å². The summed E-state index contributed by atoms with van der Waals surface area (Å²) in [5, 5.41) is 9.72. The highest BCUT2D eigenvalue weighted by molar-refractivity contribution is 5.75. The molecule has 1 aliphatic carbocycles. The Hall–Kier alpha value is -1.38. The van der Waals surface area contributed by atoms with Crippen LogP contribution in [0.2, 0.25) is 0 Å². The van der Waals surface area contributed by atoms with E-state index in [9.17, 15) is 9.90 Å². The average molecular weight is 275 g/mol. The smallest absolute Gasteiger partial charge is 0.309 e. The highest BCUT2D eigenvalue weighted by Crippen LogP contribution is 2.47. The molecule has 0 spiro atoms. The van der Waals surface area contributed by atoms with Crippen molar-refractivity contribution in [2.75, 3.05) is 0 Å². The van der Waals surface area contributed by atoms with Crippen molar-refractivity contribution in [3.63, 3.8) is 0 Å². The van der Waals surface area contributed by atoms with E-state index in [1.165, 1.54) is 0 Å². The van der Waals surface area contributed by atoms with Crippen LogP contribution in [-0.2, 0) is 11.2 Å². The van der Waals surface area contributed by atoms with Crippen molar-refractivity contribution in [3.05, 3.63) is 30.1 Å². The van der Waals surface area contributed by atoms with E-state index in [-0.39, 0.29) is 5.41 Å². The summed E-state index contributed by atoms with van der Waals surface area (Å²) in [5.41, 5.74) is 0.779. The molecule has 1 heterocycles. The lowest BCUT2D eigenvalue weighted by Gasteiger charge is -2.42. The summed E-state index contributed by atoms with van der Waals surface area (Å²) in [6.45, 7) is 6.77. The van der Waals surface area contributed by atoms with Crippen molar-refractivity contribution < 1.29 is 9.90 Å². The third-order valence-corrected chi connectivity index (χ3v) is 4.91. The van der Waals surface area contributed by atoms with E-state index in [1.807, 2.05) is 12.1 Å². The minimum Gasteiger partial charge on any atom is -0.481 e. The summed E-state index contributed by atoms with van der Waals surface area (Å²) in [7, 11) is 0. The van der Waals surface area contributed by atoms with Gasteiger partial charge in [-0.25, -0.2) is 0 Å². The zero-order valence-corrected chi connectivity index (χ0v) is 12.7. The van der Waals surface area contributed by atoms with Crippen molar-refractivity contribution >= 4 is 5.97 Å². The third-order valence-electron chi connectivity index (χ3n) is 4.91. The Morgan fingerprint density at radius 1 is 1.30 bits per heavy atom. The molecular formula is C17H25NO2. The van der Waals surface area contributed by atoms with Crippen LogP contribution in [0.5, 0.6) is 0 Å². The van der Waals surface area contributed by atoms with E-state index in [0.29, 0.717) is 12.3 Å². The fourth-order valence-corrected chi connectivity index (χ4v) is 3.39. The maximum absolute atomic E-state index is 11.8. The number of carboxylic acids is 1. The number of aliphatic carboxylic acids is 1. The summed E-state index contributed by atoms with van der Waals surface area (Å²) >= 11 is 0. The Bertz CT molecular complexity index is 454. The fourth-order valence-electron chi connectivity index (χ4n) is 3.39. The van der Waals surface area contributed by atoms with Crippen LogP contribution in [-0.4, -0.2) is 16.1 Å². The van der Waals surface area contributed by atoms with E-state index in [0.717, 1.165) is 31.2 Å². The van der Waals surface area contributed by atoms with E-state index in [2.05, 4.69) is 25.8 Å². The van der Waals surface area contributed by atoms with Crippen molar-refractivity contribution in [2.24, 2.45) is 16.7 Å². The molecule has 3 nitrogen and oxygen atoms in total. The van der Waals surface area contributed by atoms with E-state index >= 15 is 0 Å². The number of hydrogen-bond acceptors (Lipinski definition) is 2. The first-order chi connectivity index (χ1) is 9.33. The molecule has 1 saturated carbocycles. The van der Waals surface area contributed by atoms with Crippen LogP contribution in [0.3, 0.4) is 0 Å². The number of rotatable bonds is 3. The Labute approximate surface area is 121 Å². The van der Waals surface area contributed by atoms with Crippen molar-refractivity contribution in [1.82, 2.24) is 4.98 Å². The molecular weight excluding hydrogens is 250 g/mol. The van der Waals surface area contributed by atoms with Gasteiger partial charge in [0.2, 0.25) is 0 Å². The van der Waals surface area contributed by atoms with Gasteiger partial charge in [-0.05, 0) is 61.1 Å². The van der Waals surface area contributed by atoms with Gasteiger partial charge in [0.1, 0.15) is 0 Å². The van der Waals surface area contributed by atoms with Gasteiger partial charge in [0.25, 0.3) is 0 Å². The van der Waals surface area contributed by atoms with E-state index in [1.54, 1.807) is 12.4 Å². The highest BCUT2D eigenvalue weighted by Gasteiger charge is 2.43. The first-order valence-corrected chi connectivity index (χ1v) is 7.46. The molecule has 0 unspecified atom stereocenters. The summed E-state index contributed by atoms with van der Waals surface area (Å²) in [4.78, 5) is 15.8. The van der Waals surface area contributed by atoms with Crippen LogP contribution in [0.15, 0.2) is 24.5 Å². The second-order valence-electron chi connectivity index (χ2n) is 7.26. The van der Waals surface area contributed by atoms with Crippen LogP contribution in [0.1, 0.15) is 52.0 Å². The number of carboxylic acid groups (broad SMARTS) is 1. The lowest BCUT2D eigenvalue weighted by Crippen LogP contribution is -2.39. The maximum atomic E-state index is 11.8. The predicted octanol–water partition coefficient (Wildman–Crippen LogP) is 3.93. The fraction of sp³-hybridized carbons (Fsp3) is 0.647. The molecule has 1 N–H and O–H groups in total. The van der Waals surface area contributed by atoms with Crippen LogP contribution in [0.25, 0.3) is 0 Å². The van der Waals surface area contributed by atoms with Crippen LogP contribution in [0, 0.1) is 16.7 Å². The van der Waals surface area contributed by atoms with Gasteiger partial charge < -0.3 is 5.11 Å². The minimum atomic E-state index is -0.637. The number of hydrogen-bond donors (Lipinski definition) is 1. The van der Waals surface area contributed by atoms with Gasteiger partial charge in [-0.15, -0.1) is 0 Å². The second kappa shape index (κ2) is 5.55. The Balaban J connectivity index is 2.12. The molecule has 3 heteroatoms. The molecule has 0 bridgehead atoms. The number of aromatic nitrogens is 1. The molecule has 1 aromatic heterocycles. The molecule has 1 aromatic rings. The standard InChI is InChI=1S/C17H25NO2/c1-16(2,3)14-4-8-17(9-5-14,15(19)20)12-13-6-10-18-11-7-13/h6-7,10-11,14H,4-5,8-9,12H2,1-3H3,(H,19,20). The lowest BCUT2D eigenvalue weighted by molar-refractivity contribution is -0.152. The average Bonchev–Trinajstić information content (AvgIpc) is 2.39. The van der Waals surface area contributed by atoms with Gasteiger partial charge in [-0.1, -0.05) is 20.8 Å². The number of nitrogens with zero attached hydrogens (tertiary/aromatic N) is 1. The van der Waals surface area contributed by atoms with Gasteiger partial charge in [0.05, 0.1) is 5.41 Å². The van der Waals surface area contributed by atoms with Gasteiger partial charge in [0.15, 0.2) is 0 Å². The molecule has 20 heavy (non-hydrogen) atoms. The summed E-state index contributed by atoms with van der Waals surface area (Å²) in [6.07, 6.45) is 7.71. The summed E-state index contributed by atoms with van der Waals surface area (Å²) in [5.74, 6) is -0.00548. The van der Waals surface area contributed by atoms with Crippen LogP contribution >= 0.6 is 0 Å². The molecule has 0 aromatic carbocycles. The number of carbonyl (C=O) groups is 1. The quantitative estimate of drug-likeness (QED) is 0.909. The molecule has 1 fully saturated rings. The van der Waals surface area contributed by atoms with Crippen LogP contribution < -0.4 is 0 Å². The normalized spacial score (nSPS) is 27.2. The van der Waals surface area contributed by atoms with Crippen LogP contribution in [0.4, 0.5) is 0 Å². The monoisotopic (exact) mass is 275 g/mol. The zero-order chi connectivity index (χ0) is 14.8. The third kappa shape index (κ3) is 3.20. The molecule has 2 rings (SSSR count). The number of pyridine rings is 1. The minimum absolute atomic E-state index is 0.279.